The third-order valence-electron chi connectivity index (χ3n) is 3.39. The third-order valence-corrected chi connectivity index (χ3v) is 3.39. The van der Waals surface area contributed by atoms with E-state index in [1.807, 2.05) is 12.1 Å². The Balaban J connectivity index is 1.91. The molecule has 0 unspecified atom stereocenters. The monoisotopic (exact) mass is 217 g/mol. The molecular formula is C13H15NO2. The van der Waals surface area contributed by atoms with E-state index >= 15 is 0 Å². The van der Waals surface area contributed by atoms with Crippen molar-refractivity contribution in [2.75, 3.05) is 18.0 Å². The van der Waals surface area contributed by atoms with Crippen molar-refractivity contribution in [1.82, 2.24) is 0 Å². The molecule has 0 radical (unpaired) electrons. The first kappa shape index (κ1) is 9.70. The molecule has 1 saturated heterocycles. The zero-order valence-corrected chi connectivity index (χ0v) is 9.24. The molecule has 3 rings (SSSR count). The standard InChI is InChI=1S/C13H15NO2/c15-13-12-8-11(5-4-10(12)9-16-13)14-6-2-1-3-7-14/h4-5,8H,1-3,6-7,9H2. The van der Waals surface area contributed by atoms with Gasteiger partial charge < -0.3 is 9.64 Å². The summed E-state index contributed by atoms with van der Waals surface area (Å²) < 4.78 is 5.01. The predicted octanol–water partition coefficient (Wildman–Crippen LogP) is 2.35. The van der Waals surface area contributed by atoms with Gasteiger partial charge in [0.1, 0.15) is 6.61 Å². The number of esters is 1. The van der Waals surface area contributed by atoms with E-state index < -0.39 is 0 Å². The second kappa shape index (κ2) is 3.81. The third kappa shape index (κ3) is 1.56. The Morgan fingerprint density at radius 1 is 1.12 bits per heavy atom. The number of benzene rings is 1. The Morgan fingerprint density at radius 3 is 2.75 bits per heavy atom. The van der Waals surface area contributed by atoms with Gasteiger partial charge in [-0.3, -0.25) is 0 Å². The number of piperidine rings is 1. The lowest BCUT2D eigenvalue weighted by Gasteiger charge is -2.28. The van der Waals surface area contributed by atoms with Crippen LogP contribution in [0.15, 0.2) is 18.2 Å². The van der Waals surface area contributed by atoms with Gasteiger partial charge >= 0.3 is 5.97 Å². The number of carbonyl (C=O) groups is 1. The van der Waals surface area contributed by atoms with Gasteiger partial charge in [0, 0.05) is 24.3 Å². The van der Waals surface area contributed by atoms with Crippen LogP contribution in [0.1, 0.15) is 35.2 Å². The van der Waals surface area contributed by atoms with E-state index in [1.165, 1.54) is 19.3 Å². The van der Waals surface area contributed by atoms with E-state index in [0.29, 0.717) is 6.61 Å². The Kier molecular flexibility index (Phi) is 2.31. The van der Waals surface area contributed by atoms with Crippen molar-refractivity contribution in [1.29, 1.82) is 0 Å². The van der Waals surface area contributed by atoms with Crippen LogP contribution in [-0.4, -0.2) is 19.1 Å². The molecule has 2 heterocycles. The summed E-state index contributed by atoms with van der Waals surface area (Å²) in [6.07, 6.45) is 3.83. The molecule has 84 valence electrons. The van der Waals surface area contributed by atoms with Crippen LogP contribution < -0.4 is 4.90 Å². The lowest BCUT2D eigenvalue weighted by molar-refractivity contribution is 0.0535. The number of nitrogens with zero attached hydrogens (tertiary/aromatic N) is 1. The van der Waals surface area contributed by atoms with Crippen molar-refractivity contribution in [3.63, 3.8) is 0 Å². The minimum absolute atomic E-state index is 0.172. The van der Waals surface area contributed by atoms with Crippen LogP contribution in [0, 0.1) is 0 Å². The van der Waals surface area contributed by atoms with E-state index in [-0.39, 0.29) is 5.97 Å². The normalized spacial score (nSPS) is 19.5. The zero-order chi connectivity index (χ0) is 11.0. The number of anilines is 1. The number of rotatable bonds is 1. The minimum atomic E-state index is -0.172. The lowest BCUT2D eigenvalue weighted by Crippen LogP contribution is -2.29. The molecule has 0 amide bonds. The summed E-state index contributed by atoms with van der Waals surface area (Å²) in [5.41, 5.74) is 2.94. The van der Waals surface area contributed by atoms with Gasteiger partial charge in [0.25, 0.3) is 0 Å². The molecule has 3 nitrogen and oxygen atoms in total. The molecule has 0 N–H and O–H groups in total. The highest BCUT2D eigenvalue weighted by Crippen LogP contribution is 2.27. The highest BCUT2D eigenvalue weighted by molar-refractivity contribution is 5.94. The number of hydrogen-bond donors (Lipinski definition) is 0. The summed E-state index contributed by atoms with van der Waals surface area (Å²) in [6.45, 7) is 2.65. The van der Waals surface area contributed by atoms with Crippen LogP contribution in [0.4, 0.5) is 5.69 Å². The highest BCUT2D eigenvalue weighted by atomic mass is 16.5. The molecule has 0 spiro atoms. The van der Waals surface area contributed by atoms with Gasteiger partial charge in [-0.2, -0.15) is 0 Å². The van der Waals surface area contributed by atoms with Crippen molar-refractivity contribution in [3.05, 3.63) is 29.3 Å². The Labute approximate surface area is 95.0 Å². The second-order valence-corrected chi connectivity index (χ2v) is 4.47. The summed E-state index contributed by atoms with van der Waals surface area (Å²) in [6, 6.07) is 6.10. The second-order valence-electron chi connectivity index (χ2n) is 4.47. The fourth-order valence-electron chi connectivity index (χ4n) is 2.45. The van der Waals surface area contributed by atoms with Crippen LogP contribution >= 0.6 is 0 Å². The van der Waals surface area contributed by atoms with Crippen molar-refractivity contribution in [2.24, 2.45) is 0 Å². The zero-order valence-electron chi connectivity index (χ0n) is 9.24. The quantitative estimate of drug-likeness (QED) is 0.676. The minimum Gasteiger partial charge on any atom is -0.457 e. The van der Waals surface area contributed by atoms with Crippen LogP contribution in [0.5, 0.6) is 0 Å². The van der Waals surface area contributed by atoms with Gasteiger partial charge in [-0.15, -0.1) is 0 Å². The number of carbonyl (C=O) groups excluding carboxylic acids is 1. The van der Waals surface area contributed by atoms with Crippen LogP contribution in [0.3, 0.4) is 0 Å². The van der Waals surface area contributed by atoms with E-state index in [9.17, 15) is 4.79 Å². The fourth-order valence-corrected chi connectivity index (χ4v) is 2.45. The number of hydrogen-bond acceptors (Lipinski definition) is 3. The molecule has 2 aliphatic rings. The van der Waals surface area contributed by atoms with E-state index in [2.05, 4.69) is 11.0 Å². The Bertz CT molecular complexity index is 422. The lowest BCUT2D eigenvalue weighted by atomic mass is 10.1. The van der Waals surface area contributed by atoms with E-state index in [1.54, 1.807) is 0 Å². The molecule has 16 heavy (non-hydrogen) atoms. The molecule has 2 aliphatic heterocycles. The molecule has 1 aromatic carbocycles. The summed E-state index contributed by atoms with van der Waals surface area (Å²) in [5, 5.41) is 0. The Morgan fingerprint density at radius 2 is 1.94 bits per heavy atom. The van der Waals surface area contributed by atoms with E-state index in [4.69, 9.17) is 4.74 Å². The maximum Gasteiger partial charge on any atom is 0.338 e. The molecule has 1 fully saturated rings. The fraction of sp³-hybridized carbons (Fsp3) is 0.462. The molecule has 3 heteroatoms. The molecule has 0 atom stereocenters. The number of ether oxygens (including phenoxy) is 1. The predicted molar refractivity (Wildman–Crippen MR) is 61.6 cm³/mol. The van der Waals surface area contributed by atoms with Gasteiger partial charge in [0.15, 0.2) is 0 Å². The van der Waals surface area contributed by atoms with Gasteiger partial charge in [-0.1, -0.05) is 6.07 Å². The number of cyclic esters (lactones) is 1. The summed E-state index contributed by atoms with van der Waals surface area (Å²) in [7, 11) is 0. The van der Waals surface area contributed by atoms with Crippen molar-refractivity contribution < 1.29 is 9.53 Å². The van der Waals surface area contributed by atoms with Crippen LogP contribution in [0.25, 0.3) is 0 Å². The maximum atomic E-state index is 11.5. The first-order valence-electron chi connectivity index (χ1n) is 5.89. The molecule has 0 saturated carbocycles. The largest absolute Gasteiger partial charge is 0.457 e. The van der Waals surface area contributed by atoms with Crippen LogP contribution in [0.2, 0.25) is 0 Å². The molecule has 0 aliphatic carbocycles. The summed E-state index contributed by atoms with van der Waals surface area (Å²) >= 11 is 0. The summed E-state index contributed by atoms with van der Waals surface area (Å²) in [5.74, 6) is -0.172. The topological polar surface area (TPSA) is 29.5 Å². The average molecular weight is 217 g/mol. The molecule has 1 aromatic rings. The SMILES string of the molecule is O=C1OCc2ccc(N3CCCCC3)cc21. The molecule has 0 bridgehead atoms. The van der Waals surface area contributed by atoms with Gasteiger partial charge in [0.05, 0.1) is 5.56 Å². The first-order valence-corrected chi connectivity index (χ1v) is 5.89. The average Bonchev–Trinajstić information content (AvgIpc) is 2.72. The summed E-state index contributed by atoms with van der Waals surface area (Å²) in [4.78, 5) is 13.8. The maximum absolute atomic E-state index is 11.5. The van der Waals surface area contributed by atoms with Crippen molar-refractivity contribution in [2.45, 2.75) is 25.9 Å². The highest BCUT2D eigenvalue weighted by Gasteiger charge is 2.22. The smallest absolute Gasteiger partial charge is 0.338 e. The van der Waals surface area contributed by atoms with Gasteiger partial charge in [0.2, 0.25) is 0 Å². The number of fused-ring (bicyclic) bond motifs is 1. The van der Waals surface area contributed by atoms with Gasteiger partial charge in [-0.05, 0) is 31.4 Å². The Hall–Kier alpha value is -1.51. The molecular weight excluding hydrogens is 202 g/mol. The van der Waals surface area contributed by atoms with E-state index in [0.717, 1.165) is 29.9 Å². The van der Waals surface area contributed by atoms with Crippen molar-refractivity contribution >= 4 is 11.7 Å². The van der Waals surface area contributed by atoms with Gasteiger partial charge in [-0.25, -0.2) is 4.79 Å². The van der Waals surface area contributed by atoms with Crippen LogP contribution in [-0.2, 0) is 11.3 Å². The molecule has 0 aromatic heterocycles. The van der Waals surface area contributed by atoms with Crippen molar-refractivity contribution in [3.8, 4) is 0 Å². The first-order chi connectivity index (χ1) is 7.84.